The molecule has 0 saturated carbocycles. The van der Waals surface area contributed by atoms with E-state index in [-0.39, 0.29) is 17.0 Å². The van der Waals surface area contributed by atoms with Gasteiger partial charge in [-0.25, -0.2) is 4.79 Å². The van der Waals surface area contributed by atoms with E-state index in [0.717, 1.165) is 0 Å². The van der Waals surface area contributed by atoms with E-state index < -0.39 is 10.9 Å². The molecule has 0 spiro atoms. The Morgan fingerprint density at radius 1 is 1.29 bits per heavy atom. The van der Waals surface area contributed by atoms with Crippen LogP contribution in [0.1, 0.15) is 21.6 Å². The molecule has 0 aliphatic carbocycles. The molecule has 1 aromatic carbocycles. The topological polar surface area (TPSA) is 103 Å². The molecule has 0 radical (unpaired) electrons. The number of aromatic carboxylic acids is 1. The summed E-state index contributed by atoms with van der Waals surface area (Å²) in [6, 6.07) is 5.61. The predicted molar refractivity (Wildman–Crippen MR) is 73.8 cm³/mol. The highest BCUT2D eigenvalue weighted by molar-refractivity contribution is 5.90. The van der Waals surface area contributed by atoms with Crippen molar-refractivity contribution in [3.8, 4) is 11.5 Å². The summed E-state index contributed by atoms with van der Waals surface area (Å²) in [6.45, 7) is 3.36. The molecule has 0 aliphatic heterocycles. The summed E-state index contributed by atoms with van der Waals surface area (Å²) in [4.78, 5) is 25.2. The smallest absolute Gasteiger partial charge is 0.341 e. The molecule has 1 aromatic heterocycles. The first kappa shape index (κ1) is 14.4. The van der Waals surface area contributed by atoms with E-state index in [4.69, 9.17) is 9.84 Å². The van der Waals surface area contributed by atoms with Crippen LogP contribution in [-0.4, -0.2) is 21.0 Å². The van der Waals surface area contributed by atoms with Gasteiger partial charge in [0.1, 0.15) is 17.1 Å². The van der Waals surface area contributed by atoms with Gasteiger partial charge in [-0.3, -0.25) is 15.1 Å². The molecule has 2 aromatic rings. The number of rotatable bonds is 4. The van der Waals surface area contributed by atoms with Crippen LogP contribution in [0, 0.1) is 24.0 Å². The molecule has 0 atom stereocenters. The van der Waals surface area contributed by atoms with Crippen molar-refractivity contribution >= 4 is 11.7 Å². The van der Waals surface area contributed by atoms with Crippen LogP contribution in [0.15, 0.2) is 30.5 Å². The summed E-state index contributed by atoms with van der Waals surface area (Å²) in [6.07, 6.45) is 1.22. The summed E-state index contributed by atoms with van der Waals surface area (Å²) in [7, 11) is 0. The Hall–Kier alpha value is -2.96. The fourth-order valence-electron chi connectivity index (χ4n) is 1.76. The van der Waals surface area contributed by atoms with Crippen LogP contribution in [0.2, 0.25) is 0 Å². The van der Waals surface area contributed by atoms with Gasteiger partial charge in [0, 0.05) is 30.1 Å². The number of benzene rings is 1. The van der Waals surface area contributed by atoms with Gasteiger partial charge in [-0.05, 0) is 25.5 Å². The van der Waals surface area contributed by atoms with E-state index in [2.05, 4.69) is 4.98 Å². The molecule has 1 heterocycles. The number of non-ortho nitro benzene ring substituents is 1. The third-order valence-electron chi connectivity index (χ3n) is 2.82. The lowest BCUT2D eigenvalue weighted by molar-refractivity contribution is -0.384. The number of carbonyl (C=O) groups is 1. The van der Waals surface area contributed by atoms with Crippen LogP contribution < -0.4 is 4.74 Å². The van der Waals surface area contributed by atoms with Crippen molar-refractivity contribution in [1.82, 2.24) is 4.98 Å². The maximum Gasteiger partial charge on any atom is 0.341 e. The van der Waals surface area contributed by atoms with Crippen LogP contribution in [0.4, 0.5) is 5.69 Å². The molecule has 2 rings (SSSR count). The minimum Gasteiger partial charge on any atom is -0.477 e. The van der Waals surface area contributed by atoms with Gasteiger partial charge in [-0.2, -0.15) is 0 Å². The second kappa shape index (κ2) is 5.58. The number of pyridine rings is 1. The second-order valence-corrected chi connectivity index (χ2v) is 4.44. The quantitative estimate of drug-likeness (QED) is 0.685. The van der Waals surface area contributed by atoms with Gasteiger partial charge in [0.05, 0.1) is 4.92 Å². The molecule has 0 saturated heterocycles. The molecule has 0 aliphatic rings. The van der Waals surface area contributed by atoms with Crippen molar-refractivity contribution in [2.24, 2.45) is 0 Å². The number of aryl methyl sites for hydroxylation is 2. The van der Waals surface area contributed by atoms with Gasteiger partial charge >= 0.3 is 5.97 Å². The van der Waals surface area contributed by atoms with E-state index in [0.29, 0.717) is 17.0 Å². The van der Waals surface area contributed by atoms with Crippen molar-refractivity contribution in [3.63, 3.8) is 0 Å². The molecule has 1 N–H and O–H groups in total. The van der Waals surface area contributed by atoms with Crippen molar-refractivity contribution in [2.75, 3.05) is 0 Å². The molecule has 7 nitrogen and oxygen atoms in total. The predicted octanol–water partition coefficient (Wildman–Crippen LogP) is 3.10. The molecule has 7 heteroatoms. The highest BCUT2D eigenvalue weighted by Crippen LogP contribution is 2.30. The Kier molecular flexibility index (Phi) is 3.84. The SMILES string of the molecule is Cc1cc(Oc2ccc([N+](=O)[O-])cc2C)c(C(=O)O)cn1. The highest BCUT2D eigenvalue weighted by Gasteiger charge is 2.15. The lowest BCUT2D eigenvalue weighted by Gasteiger charge is -2.11. The minimum absolute atomic E-state index is 0.0517. The number of nitrogens with zero attached hydrogens (tertiary/aromatic N) is 2. The number of aromatic nitrogens is 1. The van der Waals surface area contributed by atoms with Crippen LogP contribution in [0.25, 0.3) is 0 Å². The third kappa shape index (κ3) is 3.14. The normalized spacial score (nSPS) is 10.2. The van der Waals surface area contributed by atoms with E-state index in [9.17, 15) is 14.9 Å². The minimum atomic E-state index is -1.16. The molecule has 0 fully saturated rings. The van der Waals surface area contributed by atoms with E-state index >= 15 is 0 Å². The number of nitro benzene ring substituents is 1. The first-order valence-corrected chi connectivity index (χ1v) is 6.01. The Morgan fingerprint density at radius 2 is 2.00 bits per heavy atom. The summed E-state index contributed by atoms with van der Waals surface area (Å²) >= 11 is 0. The Bertz CT molecular complexity index is 727. The lowest BCUT2D eigenvalue weighted by atomic mass is 10.2. The maximum absolute atomic E-state index is 11.1. The van der Waals surface area contributed by atoms with Gasteiger partial charge in [0.25, 0.3) is 5.69 Å². The Morgan fingerprint density at radius 3 is 2.57 bits per heavy atom. The van der Waals surface area contributed by atoms with Gasteiger partial charge in [-0.1, -0.05) is 0 Å². The fraction of sp³-hybridized carbons (Fsp3) is 0.143. The first-order chi connectivity index (χ1) is 9.88. The fourth-order valence-corrected chi connectivity index (χ4v) is 1.76. The van der Waals surface area contributed by atoms with Gasteiger partial charge in [0.2, 0.25) is 0 Å². The van der Waals surface area contributed by atoms with Crippen molar-refractivity contribution in [1.29, 1.82) is 0 Å². The lowest BCUT2D eigenvalue weighted by Crippen LogP contribution is -2.02. The molecule has 108 valence electrons. The number of nitro groups is 1. The molecule has 0 bridgehead atoms. The zero-order valence-corrected chi connectivity index (χ0v) is 11.4. The van der Waals surface area contributed by atoms with Crippen LogP contribution in [0.5, 0.6) is 11.5 Å². The van der Waals surface area contributed by atoms with Crippen LogP contribution >= 0.6 is 0 Å². The number of hydrogen-bond donors (Lipinski definition) is 1. The van der Waals surface area contributed by atoms with Gasteiger partial charge in [0.15, 0.2) is 0 Å². The first-order valence-electron chi connectivity index (χ1n) is 6.01. The standard InChI is InChI=1S/C14H12N2O5/c1-8-5-10(16(19)20)3-4-12(8)21-13-6-9(2)15-7-11(13)14(17)18/h3-7H,1-2H3,(H,17,18). The summed E-state index contributed by atoms with van der Waals surface area (Å²) < 4.78 is 5.57. The molecule has 21 heavy (non-hydrogen) atoms. The number of carboxylic acids is 1. The molecule has 0 unspecified atom stereocenters. The van der Waals surface area contributed by atoms with E-state index in [1.165, 1.54) is 30.5 Å². The van der Waals surface area contributed by atoms with Gasteiger partial charge < -0.3 is 9.84 Å². The van der Waals surface area contributed by atoms with Crippen LogP contribution in [0.3, 0.4) is 0 Å². The number of ether oxygens (including phenoxy) is 1. The third-order valence-corrected chi connectivity index (χ3v) is 2.82. The summed E-state index contributed by atoms with van der Waals surface area (Å²) in [5.74, 6) is -0.655. The number of hydrogen-bond acceptors (Lipinski definition) is 5. The zero-order chi connectivity index (χ0) is 15.6. The summed E-state index contributed by atoms with van der Waals surface area (Å²) in [5.41, 5.74) is 1.02. The average molecular weight is 288 g/mol. The zero-order valence-electron chi connectivity index (χ0n) is 11.4. The molecular formula is C14H12N2O5. The Balaban J connectivity index is 2.40. The summed E-state index contributed by atoms with van der Waals surface area (Å²) in [5, 5.41) is 19.8. The largest absolute Gasteiger partial charge is 0.477 e. The monoisotopic (exact) mass is 288 g/mol. The highest BCUT2D eigenvalue weighted by atomic mass is 16.6. The number of carboxylic acid groups (broad SMARTS) is 1. The van der Waals surface area contributed by atoms with Crippen molar-refractivity contribution < 1.29 is 19.6 Å². The second-order valence-electron chi connectivity index (χ2n) is 4.44. The maximum atomic E-state index is 11.1. The van der Waals surface area contributed by atoms with Crippen LogP contribution in [-0.2, 0) is 0 Å². The Labute approximate surface area is 120 Å². The van der Waals surface area contributed by atoms with Gasteiger partial charge in [-0.15, -0.1) is 0 Å². The average Bonchev–Trinajstić information content (AvgIpc) is 2.40. The van der Waals surface area contributed by atoms with Crippen molar-refractivity contribution in [2.45, 2.75) is 13.8 Å². The van der Waals surface area contributed by atoms with E-state index in [1.807, 2.05) is 0 Å². The molecular weight excluding hydrogens is 276 g/mol. The van der Waals surface area contributed by atoms with E-state index in [1.54, 1.807) is 13.8 Å². The van der Waals surface area contributed by atoms with Crippen molar-refractivity contribution in [3.05, 3.63) is 57.4 Å². The molecule has 0 amide bonds.